The predicted molar refractivity (Wildman–Crippen MR) is 94.7 cm³/mol. The molecule has 0 aliphatic rings. The van der Waals surface area contributed by atoms with E-state index in [4.69, 9.17) is 4.42 Å². The van der Waals surface area contributed by atoms with Crippen molar-refractivity contribution in [2.45, 2.75) is 11.4 Å². The third kappa shape index (κ3) is 2.78. The maximum atomic E-state index is 13.5. The summed E-state index contributed by atoms with van der Waals surface area (Å²) in [6, 6.07) is 18.5. The molecule has 0 atom stereocenters. The number of fused-ring (bicyclic) bond motifs is 3. The minimum Gasteiger partial charge on any atom is -0.456 e. The fourth-order valence-corrected chi connectivity index (χ4v) is 2.83. The standard InChI is InChI=1S/C19H14FNOS/c20-13-3-7-18-16(9-13)17-10-14(4-8-19(17)22-18)21-11-12-1-5-15(23)6-2-12/h1-10,21,23H,11H2. The Labute approximate surface area is 138 Å². The second-order valence-electron chi connectivity index (χ2n) is 5.47. The van der Waals surface area contributed by atoms with Crippen LogP contribution in [0.15, 0.2) is 70.0 Å². The van der Waals surface area contributed by atoms with Crippen molar-refractivity contribution in [2.75, 3.05) is 5.32 Å². The third-order valence-electron chi connectivity index (χ3n) is 3.86. The van der Waals surface area contributed by atoms with Gasteiger partial charge in [-0.15, -0.1) is 12.6 Å². The van der Waals surface area contributed by atoms with E-state index in [1.807, 2.05) is 42.5 Å². The fraction of sp³-hybridized carbons (Fsp3) is 0.0526. The Morgan fingerprint density at radius 1 is 0.870 bits per heavy atom. The number of anilines is 1. The smallest absolute Gasteiger partial charge is 0.135 e. The number of hydrogen-bond donors (Lipinski definition) is 2. The van der Waals surface area contributed by atoms with E-state index < -0.39 is 0 Å². The van der Waals surface area contributed by atoms with Crippen molar-refractivity contribution in [1.82, 2.24) is 0 Å². The average molecular weight is 323 g/mol. The van der Waals surface area contributed by atoms with E-state index in [0.29, 0.717) is 12.1 Å². The maximum absolute atomic E-state index is 13.5. The maximum Gasteiger partial charge on any atom is 0.135 e. The van der Waals surface area contributed by atoms with Gasteiger partial charge in [0, 0.05) is 27.9 Å². The summed E-state index contributed by atoms with van der Waals surface area (Å²) in [7, 11) is 0. The fourth-order valence-electron chi connectivity index (χ4n) is 2.68. The molecule has 1 N–H and O–H groups in total. The third-order valence-corrected chi connectivity index (χ3v) is 4.16. The molecule has 0 saturated carbocycles. The van der Waals surface area contributed by atoms with Crippen LogP contribution in [0.4, 0.5) is 10.1 Å². The molecule has 4 rings (SSSR count). The van der Waals surface area contributed by atoms with Gasteiger partial charge in [-0.2, -0.15) is 0 Å². The molecule has 0 fully saturated rings. The molecule has 0 radical (unpaired) electrons. The first-order chi connectivity index (χ1) is 11.2. The highest BCUT2D eigenvalue weighted by Gasteiger charge is 2.08. The molecule has 23 heavy (non-hydrogen) atoms. The van der Waals surface area contributed by atoms with Crippen molar-refractivity contribution in [1.29, 1.82) is 0 Å². The number of benzene rings is 3. The molecule has 0 saturated heterocycles. The van der Waals surface area contributed by atoms with Crippen LogP contribution in [0.2, 0.25) is 0 Å². The molecule has 4 heteroatoms. The van der Waals surface area contributed by atoms with Crippen molar-refractivity contribution < 1.29 is 8.81 Å². The normalized spacial score (nSPS) is 11.2. The van der Waals surface area contributed by atoms with Crippen LogP contribution in [-0.4, -0.2) is 0 Å². The van der Waals surface area contributed by atoms with E-state index in [0.717, 1.165) is 26.9 Å². The molecule has 2 nitrogen and oxygen atoms in total. The second-order valence-corrected chi connectivity index (χ2v) is 5.99. The van der Waals surface area contributed by atoms with Crippen molar-refractivity contribution in [3.63, 3.8) is 0 Å². The Hall–Kier alpha value is -2.46. The molecule has 114 valence electrons. The first-order valence-electron chi connectivity index (χ1n) is 7.33. The highest BCUT2D eigenvalue weighted by Crippen LogP contribution is 2.31. The highest BCUT2D eigenvalue weighted by molar-refractivity contribution is 7.80. The first kappa shape index (κ1) is 14.2. The lowest BCUT2D eigenvalue weighted by Gasteiger charge is -2.07. The SMILES string of the molecule is Fc1ccc2oc3ccc(NCc4ccc(S)cc4)cc3c2c1. The number of hydrogen-bond acceptors (Lipinski definition) is 3. The van der Waals surface area contributed by atoms with Crippen LogP contribution in [0.1, 0.15) is 5.56 Å². The van der Waals surface area contributed by atoms with Gasteiger partial charge in [-0.1, -0.05) is 12.1 Å². The van der Waals surface area contributed by atoms with Gasteiger partial charge in [-0.3, -0.25) is 0 Å². The Bertz CT molecular complexity index is 992. The van der Waals surface area contributed by atoms with Crippen LogP contribution in [0, 0.1) is 5.82 Å². The van der Waals surface area contributed by atoms with Crippen LogP contribution >= 0.6 is 12.6 Å². The monoisotopic (exact) mass is 323 g/mol. The number of halogens is 1. The lowest BCUT2D eigenvalue weighted by atomic mass is 10.1. The van der Waals surface area contributed by atoms with Gasteiger partial charge < -0.3 is 9.73 Å². The quantitative estimate of drug-likeness (QED) is 0.478. The van der Waals surface area contributed by atoms with E-state index in [1.54, 1.807) is 6.07 Å². The van der Waals surface area contributed by atoms with Gasteiger partial charge in [0.2, 0.25) is 0 Å². The molecule has 0 amide bonds. The zero-order valence-corrected chi connectivity index (χ0v) is 13.1. The zero-order valence-electron chi connectivity index (χ0n) is 12.2. The summed E-state index contributed by atoms with van der Waals surface area (Å²) in [5.41, 5.74) is 3.60. The molecule has 0 aliphatic carbocycles. The van der Waals surface area contributed by atoms with Crippen LogP contribution in [0.3, 0.4) is 0 Å². The van der Waals surface area contributed by atoms with Crippen molar-refractivity contribution in [3.05, 3.63) is 72.0 Å². The van der Waals surface area contributed by atoms with Crippen LogP contribution < -0.4 is 5.32 Å². The van der Waals surface area contributed by atoms with E-state index >= 15 is 0 Å². The lowest BCUT2D eigenvalue weighted by molar-refractivity contribution is 0.626. The molecule has 3 aromatic carbocycles. The molecular weight excluding hydrogens is 309 g/mol. The highest BCUT2D eigenvalue weighted by atomic mass is 32.1. The van der Waals surface area contributed by atoms with Gasteiger partial charge in [0.25, 0.3) is 0 Å². The number of nitrogens with one attached hydrogen (secondary N) is 1. The minimum absolute atomic E-state index is 0.259. The van der Waals surface area contributed by atoms with Crippen LogP contribution in [0.25, 0.3) is 21.9 Å². The molecule has 1 aromatic heterocycles. The topological polar surface area (TPSA) is 25.2 Å². The number of rotatable bonds is 3. The molecule has 0 unspecified atom stereocenters. The van der Waals surface area contributed by atoms with Gasteiger partial charge in [0.15, 0.2) is 0 Å². The predicted octanol–water partition coefficient (Wildman–Crippen LogP) is 5.63. The molecule has 0 bridgehead atoms. The summed E-state index contributed by atoms with van der Waals surface area (Å²) in [6.45, 7) is 0.712. The minimum atomic E-state index is -0.259. The summed E-state index contributed by atoms with van der Waals surface area (Å²) >= 11 is 4.28. The van der Waals surface area contributed by atoms with E-state index in [1.165, 1.54) is 17.7 Å². The Morgan fingerprint density at radius 3 is 2.35 bits per heavy atom. The Kier molecular flexibility index (Phi) is 3.46. The Morgan fingerprint density at radius 2 is 1.57 bits per heavy atom. The van der Waals surface area contributed by atoms with Gasteiger partial charge >= 0.3 is 0 Å². The number of thiol groups is 1. The molecule has 0 aliphatic heterocycles. The van der Waals surface area contributed by atoms with Crippen molar-refractivity contribution in [2.24, 2.45) is 0 Å². The van der Waals surface area contributed by atoms with Crippen LogP contribution in [0.5, 0.6) is 0 Å². The summed E-state index contributed by atoms with van der Waals surface area (Å²) in [5, 5.41) is 5.09. The van der Waals surface area contributed by atoms with E-state index in [-0.39, 0.29) is 5.82 Å². The average Bonchev–Trinajstić information content (AvgIpc) is 2.92. The summed E-state index contributed by atoms with van der Waals surface area (Å²) < 4.78 is 19.2. The second kappa shape index (κ2) is 5.63. The van der Waals surface area contributed by atoms with Gasteiger partial charge in [-0.25, -0.2) is 4.39 Å². The van der Waals surface area contributed by atoms with E-state index in [9.17, 15) is 4.39 Å². The lowest BCUT2D eigenvalue weighted by Crippen LogP contribution is -1.98. The largest absolute Gasteiger partial charge is 0.456 e. The van der Waals surface area contributed by atoms with Crippen molar-refractivity contribution >= 4 is 40.3 Å². The summed E-state index contributed by atoms with van der Waals surface area (Å²) in [6.07, 6.45) is 0. The van der Waals surface area contributed by atoms with Crippen molar-refractivity contribution in [3.8, 4) is 0 Å². The molecule has 4 aromatic rings. The number of furan rings is 1. The van der Waals surface area contributed by atoms with Gasteiger partial charge in [0.1, 0.15) is 17.0 Å². The molecule has 1 heterocycles. The van der Waals surface area contributed by atoms with E-state index in [2.05, 4.69) is 17.9 Å². The molecular formula is C19H14FNOS. The van der Waals surface area contributed by atoms with Gasteiger partial charge in [-0.05, 0) is 54.1 Å². The summed E-state index contributed by atoms with van der Waals surface area (Å²) in [5.74, 6) is -0.259. The Balaban J connectivity index is 1.66. The van der Waals surface area contributed by atoms with Gasteiger partial charge in [0.05, 0.1) is 0 Å². The first-order valence-corrected chi connectivity index (χ1v) is 7.77. The molecule has 0 spiro atoms. The zero-order chi connectivity index (χ0) is 15.8. The summed E-state index contributed by atoms with van der Waals surface area (Å²) in [4.78, 5) is 0.946. The van der Waals surface area contributed by atoms with Crippen LogP contribution in [-0.2, 0) is 6.54 Å².